The zero-order valence-corrected chi connectivity index (χ0v) is 17.3. The summed E-state index contributed by atoms with van der Waals surface area (Å²) in [7, 11) is 0. The summed E-state index contributed by atoms with van der Waals surface area (Å²) in [6.45, 7) is 3.53. The topological polar surface area (TPSA) is 93.4 Å². The first-order valence-corrected chi connectivity index (χ1v) is 10.7. The maximum Gasteiger partial charge on any atom is 0.123 e. The number of β-amino-alcohol motifs (C(OH)–C–C–N with tert-alkyl or cyclic N) is 2. The SMILES string of the molecule is CCCc1ccccc1COCC(F)CCCCN1C[C@H](O)[C@@H](O)[C@H](O)[C@@H](O)C1. The molecule has 0 bridgehead atoms. The minimum Gasteiger partial charge on any atom is -0.389 e. The minimum absolute atomic E-state index is 0.0694. The molecule has 4 N–H and O–H groups in total. The van der Waals surface area contributed by atoms with Gasteiger partial charge in [0.25, 0.3) is 0 Å². The summed E-state index contributed by atoms with van der Waals surface area (Å²) in [4.78, 5) is 1.79. The summed E-state index contributed by atoms with van der Waals surface area (Å²) >= 11 is 0. The van der Waals surface area contributed by atoms with Crippen molar-refractivity contribution in [2.24, 2.45) is 0 Å². The molecule has 1 aromatic carbocycles. The molecule has 1 heterocycles. The number of aryl methyl sites for hydroxylation is 1. The number of nitrogens with zero attached hydrogens (tertiary/aromatic N) is 1. The Balaban J connectivity index is 1.63. The van der Waals surface area contributed by atoms with Crippen molar-refractivity contribution in [3.63, 3.8) is 0 Å². The molecule has 1 saturated heterocycles. The number of likely N-dealkylation sites (tertiary alicyclic amines) is 1. The van der Waals surface area contributed by atoms with E-state index in [1.807, 2.05) is 18.2 Å². The van der Waals surface area contributed by atoms with Gasteiger partial charge in [-0.15, -0.1) is 0 Å². The molecule has 0 saturated carbocycles. The van der Waals surface area contributed by atoms with E-state index in [4.69, 9.17) is 4.74 Å². The zero-order valence-electron chi connectivity index (χ0n) is 17.3. The lowest BCUT2D eigenvalue weighted by Gasteiger charge is -2.23. The van der Waals surface area contributed by atoms with E-state index in [-0.39, 0.29) is 19.7 Å². The highest BCUT2D eigenvalue weighted by atomic mass is 19.1. The molecule has 29 heavy (non-hydrogen) atoms. The van der Waals surface area contributed by atoms with Gasteiger partial charge in [0.05, 0.1) is 25.4 Å². The summed E-state index contributed by atoms with van der Waals surface area (Å²) in [5.74, 6) is 0. The molecule has 0 aromatic heterocycles. The molecule has 1 fully saturated rings. The fourth-order valence-electron chi connectivity index (χ4n) is 3.75. The van der Waals surface area contributed by atoms with Gasteiger partial charge in [0, 0.05) is 13.1 Å². The normalized spacial score (nSPS) is 27.0. The van der Waals surface area contributed by atoms with Gasteiger partial charge < -0.3 is 25.2 Å². The number of unbranched alkanes of at least 4 members (excludes halogenated alkanes) is 1. The van der Waals surface area contributed by atoms with Crippen molar-refractivity contribution >= 4 is 0 Å². The number of benzene rings is 1. The Hall–Kier alpha value is -1.09. The highest BCUT2D eigenvalue weighted by Gasteiger charge is 2.35. The number of halogens is 1. The Bertz CT molecular complexity index is 574. The van der Waals surface area contributed by atoms with Crippen molar-refractivity contribution in [3.8, 4) is 0 Å². The average Bonchev–Trinajstić information content (AvgIpc) is 2.79. The number of hydrogen-bond acceptors (Lipinski definition) is 6. The van der Waals surface area contributed by atoms with Gasteiger partial charge >= 0.3 is 0 Å². The second-order valence-electron chi connectivity index (χ2n) is 8.00. The fourth-order valence-corrected chi connectivity index (χ4v) is 3.75. The van der Waals surface area contributed by atoms with Gasteiger partial charge in [-0.25, -0.2) is 4.39 Å². The molecule has 2 rings (SSSR count). The van der Waals surface area contributed by atoms with Crippen LogP contribution in [0.15, 0.2) is 24.3 Å². The summed E-state index contributed by atoms with van der Waals surface area (Å²) in [5.41, 5.74) is 2.37. The number of rotatable bonds is 11. The number of aliphatic hydroxyl groups is 4. The Morgan fingerprint density at radius 3 is 2.28 bits per heavy atom. The van der Waals surface area contributed by atoms with Crippen molar-refractivity contribution < 1.29 is 29.6 Å². The molecule has 1 aliphatic rings. The Kier molecular flexibility index (Phi) is 10.5. The van der Waals surface area contributed by atoms with Crippen LogP contribution < -0.4 is 0 Å². The number of hydrogen-bond donors (Lipinski definition) is 4. The molecule has 0 radical (unpaired) electrons. The van der Waals surface area contributed by atoms with E-state index in [1.54, 1.807) is 4.90 Å². The lowest BCUT2D eigenvalue weighted by atomic mass is 10.0. The third-order valence-corrected chi connectivity index (χ3v) is 5.46. The summed E-state index contributed by atoms with van der Waals surface area (Å²) in [6, 6.07) is 8.09. The van der Waals surface area contributed by atoms with Gasteiger partial charge in [-0.3, -0.25) is 4.90 Å². The molecule has 5 atom stereocenters. The third kappa shape index (κ3) is 7.92. The lowest BCUT2D eigenvalue weighted by molar-refractivity contribution is -0.0894. The van der Waals surface area contributed by atoms with Gasteiger partial charge in [0.2, 0.25) is 0 Å². The van der Waals surface area contributed by atoms with Gasteiger partial charge in [0.1, 0.15) is 18.4 Å². The second kappa shape index (κ2) is 12.6. The highest BCUT2D eigenvalue weighted by molar-refractivity contribution is 5.26. The minimum atomic E-state index is -1.36. The maximum atomic E-state index is 14.1. The quantitative estimate of drug-likeness (QED) is 0.410. The highest BCUT2D eigenvalue weighted by Crippen LogP contribution is 2.16. The zero-order chi connectivity index (χ0) is 21.2. The van der Waals surface area contributed by atoms with Crippen LogP contribution in [0.5, 0.6) is 0 Å². The lowest BCUT2D eigenvalue weighted by Crippen LogP contribution is -2.43. The Morgan fingerprint density at radius 1 is 1.03 bits per heavy atom. The van der Waals surface area contributed by atoms with Crippen LogP contribution in [-0.4, -0.2) is 82.2 Å². The van der Waals surface area contributed by atoms with Crippen molar-refractivity contribution in [1.29, 1.82) is 0 Å². The van der Waals surface area contributed by atoms with E-state index in [0.717, 1.165) is 18.4 Å². The molecule has 0 amide bonds. The van der Waals surface area contributed by atoms with Crippen LogP contribution in [0.1, 0.15) is 43.7 Å². The van der Waals surface area contributed by atoms with Crippen LogP contribution in [0.25, 0.3) is 0 Å². The summed E-state index contributed by atoms with van der Waals surface area (Å²) in [6.07, 6.45) is -2.16. The standard InChI is InChI=1S/C22H36FNO5/c1-2-7-16-8-3-4-9-17(16)14-29-15-18(23)10-5-6-11-24-12-19(25)21(27)22(28)20(26)13-24/h3-4,8-9,18-22,25-28H,2,5-7,10-15H2,1H3/t18?,19-,20-,21+,22+/m0/s1. The summed E-state index contributed by atoms with van der Waals surface area (Å²) in [5, 5.41) is 39.2. The van der Waals surface area contributed by atoms with Gasteiger partial charge in [-0.2, -0.15) is 0 Å². The van der Waals surface area contributed by atoms with E-state index in [1.165, 1.54) is 5.56 Å². The molecule has 0 aliphatic carbocycles. The molecule has 6 nitrogen and oxygen atoms in total. The van der Waals surface area contributed by atoms with E-state index in [0.29, 0.717) is 32.4 Å². The number of aliphatic hydroxyl groups excluding tert-OH is 4. The van der Waals surface area contributed by atoms with Crippen molar-refractivity contribution in [3.05, 3.63) is 35.4 Å². The number of ether oxygens (including phenoxy) is 1. The van der Waals surface area contributed by atoms with Gasteiger partial charge in [-0.1, -0.05) is 37.6 Å². The molecule has 1 aromatic rings. The molecular formula is C22H36FNO5. The smallest absolute Gasteiger partial charge is 0.123 e. The monoisotopic (exact) mass is 413 g/mol. The van der Waals surface area contributed by atoms with E-state index >= 15 is 0 Å². The number of alkyl halides is 1. The average molecular weight is 414 g/mol. The largest absolute Gasteiger partial charge is 0.389 e. The van der Waals surface area contributed by atoms with E-state index < -0.39 is 30.6 Å². The van der Waals surface area contributed by atoms with Gasteiger partial charge in [0.15, 0.2) is 0 Å². The van der Waals surface area contributed by atoms with Crippen LogP contribution in [0.2, 0.25) is 0 Å². The first-order valence-electron chi connectivity index (χ1n) is 10.7. The van der Waals surface area contributed by atoms with Crippen LogP contribution in [0.4, 0.5) is 4.39 Å². The first kappa shape index (κ1) is 24.2. The molecule has 0 spiro atoms. The molecule has 1 unspecified atom stereocenters. The van der Waals surface area contributed by atoms with Crippen molar-refractivity contribution in [2.45, 2.75) is 76.2 Å². The van der Waals surface area contributed by atoms with Crippen LogP contribution in [0, 0.1) is 0 Å². The van der Waals surface area contributed by atoms with Crippen molar-refractivity contribution in [1.82, 2.24) is 4.90 Å². The van der Waals surface area contributed by atoms with E-state index in [9.17, 15) is 24.8 Å². The molecule has 166 valence electrons. The predicted octanol–water partition coefficient (Wildman–Crippen LogP) is 1.42. The fraction of sp³-hybridized carbons (Fsp3) is 0.727. The second-order valence-corrected chi connectivity index (χ2v) is 8.00. The van der Waals surface area contributed by atoms with Crippen LogP contribution in [0.3, 0.4) is 0 Å². The maximum absolute atomic E-state index is 14.1. The predicted molar refractivity (Wildman–Crippen MR) is 109 cm³/mol. The molecule has 1 aliphatic heterocycles. The van der Waals surface area contributed by atoms with E-state index in [2.05, 4.69) is 13.0 Å². The molecule has 7 heteroatoms. The Labute approximate surface area is 172 Å². The van der Waals surface area contributed by atoms with Crippen LogP contribution in [-0.2, 0) is 17.8 Å². The molecular weight excluding hydrogens is 377 g/mol. The van der Waals surface area contributed by atoms with Gasteiger partial charge in [-0.05, 0) is 43.4 Å². The van der Waals surface area contributed by atoms with Crippen molar-refractivity contribution in [2.75, 3.05) is 26.2 Å². The third-order valence-electron chi connectivity index (χ3n) is 5.46. The Morgan fingerprint density at radius 2 is 1.66 bits per heavy atom. The first-order chi connectivity index (χ1) is 13.9. The summed E-state index contributed by atoms with van der Waals surface area (Å²) < 4.78 is 19.7. The van der Waals surface area contributed by atoms with Crippen LogP contribution >= 0.6 is 0 Å².